The number of carboxylic acid groups (broad SMARTS) is 1. The molecule has 0 amide bonds. The van der Waals surface area contributed by atoms with Gasteiger partial charge in [0, 0.05) is 30.9 Å². The third-order valence-electron chi connectivity index (χ3n) is 4.67. The maximum Gasteiger partial charge on any atom is 0.309 e. The van der Waals surface area contributed by atoms with E-state index in [1.54, 1.807) is 0 Å². The molecule has 0 radical (unpaired) electrons. The first-order valence-corrected chi connectivity index (χ1v) is 7.79. The molecule has 2 heterocycles. The zero-order chi connectivity index (χ0) is 15.6. The van der Waals surface area contributed by atoms with Crippen LogP contribution in [0.2, 0.25) is 0 Å². The van der Waals surface area contributed by atoms with E-state index in [2.05, 4.69) is 30.0 Å². The minimum absolute atomic E-state index is 0.212. The number of aromatic nitrogens is 2. The van der Waals surface area contributed by atoms with E-state index in [0.29, 0.717) is 6.04 Å². The standard InChI is InChI=1S/C16H27N3O2/c1-12(2)19-10-13(8-17-19)9-18-7-5-6-14(11-18)16(3,4)15(20)21/h8,10,12,14H,5-7,9,11H2,1-4H3,(H,20,21). The van der Waals surface area contributed by atoms with Crippen molar-refractivity contribution in [1.29, 1.82) is 0 Å². The van der Waals surface area contributed by atoms with Crippen molar-refractivity contribution >= 4 is 5.97 Å². The maximum atomic E-state index is 11.4. The van der Waals surface area contributed by atoms with Crippen LogP contribution in [0.4, 0.5) is 0 Å². The zero-order valence-corrected chi connectivity index (χ0v) is 13.5. The van der Waals surface area contributed by atoms with Crippen molar-refractivity contribution in [2.45, 2.75) is 53.1 Å². The summed E-state index contributed by atoms with van der Waals surface area (Å²) in [5, 5.41) is 13.8. The molecule has 1 aromatic rings. The molecule has 0 spiro atoms. The van der Waals surface area contributed by atoms with E-state index in [9.17, 15) is 9.90 Å². The fourth-order valence-electron chi connectivity index (χ4n) is 2.96. The molecular weight excluding hydrogens is 266 g/mol. The topological polar surface area (TPSA) is 58.4 Å². The number of likely N-dealkylation sites (tertiary alicyclic amines) is 1. The van der Waals surface area contributed by atoms with Gasteiger partial charge < -0.3 is 5.11 Å². The Morgan fingerprint density at radius 2 is 2.24 bits per heavy atom. The van der Waals surface area contributed by atoms with Gasteiger partial charge in [0.15, 0.2) is 0 Å². The lowest BCUT2D eigenvalue weighted by Crippen LogP contribution is -2.44. The molecule has 1 N–H and O–H groups in total. The molecule has 21 heavy (non-hydrogen) atoms. The van der Waals surface area contributed by atoms with Crippen molar-refractivity contribution in [3.63, 3.8) is 0 Å². The minimum atomic E-state index is -0.693. The van der Waals surface area contributed by atoms with Gasteiger partial charge in [0.25, 0.3) is 0 Å². The lowest BCUT2D eigenvalue weighted by Gasteiger charge is -2.39. The molecule has 1 aliphatic rings. The number of aliphatic carboxylic acids is 1. The second kappa shape index (κ2) is 6.18. The van der Waals surface area contributed by atoms with Crippen LogP contribution in [0.3, 0.4) is 0 Å². The van der Waals surface area contributed by atoms with Gasteiger partial charge in [-0.25, -0.2) is 0 Å². The van der Waals surface area contributed by atoms with E-state index in [-0.39, 0.29) is 5.92 Å². The van der Waals surface area contributed by atoms with Gasteiger partial charge in [-0.2, -0.15) is 5.10 Å². The van der Waals surface area contributed by atoms with Crippen LogP contribution in [-0.2, 0) is 11.3 Å². The molecule has 1 fully saturated rings. The molecule has 1 atom stereocenters. The quantitative estimate of drug-likeness (QED) is 0.907. The van der Waals surface area contributed by atoms with Gasteiger partial charge in [0.2, 0.25) is 0 Å². The highest BCUT2D eigenvalue weighted by Gasteiger charge is 2.38. The van der Waals surface area contributed by atoms with Crippen molar-refractivity contribution in [2.24, 2.45) is 11.3 Å². The highest BCUT2D eigenvalue weighted by Crippen LogP contribution is 2.34. The molecule has 2 rings (SSSR count). The van der Waals surface area contributed by atoms with E-state index in [0.717, 1.165) is 32.5 Å². The van der Waals surface area contributed by atoms with Gasteiger partial charge in [-0.1, -0.05) is 0 Å². The number of nitrogens with zero attached hydrogens (tertiary/aromatic N) is 3. The predicted octanol–water partition coefficient (Wildman–Crippen LogP) is 2.79. The summed E-state index contributed by atoms with van der Waals surface area (Å²) >= 11 is 0. The number of hydrogen-bond donors (Lipinski definition) is 1. The van der Waals surface area contributed by atoms with Crippen molar-refractivity contribution in [1.82, 2.24) is 14.7 Å². The van der Waals surface area contributed by atoms with Crippen LogP contribution in [0.25, 0.3) is 0 Å². The van der Waals surface area contributed by atoms with Crippen LogP contribution < -0.4 is 0 Å². The summed E-state index contributed by atoms with van der Waals surface area (Å²) in [4.78, 5) is 13.8. The van der Waals surface area contributed by atoms with Gasteiger partial charge in [-0.3, -0.25) is 14.4 Å². The Hall–Kier alpha value is -1.36. The molecular formula is C16H27N3O2. The molecule has 1 unspecified atom stereocenters. The molecule has 0 aliphatic carbocycles. The highest BCUT2D eigenvalue weighted by atomic mass is 16.4. The average Bonchev–Trinajstić information content (AvgIpc) is 2.87. The third kappa shape index (κ3) is 3.64. The van der Waals surface area contributed by atoms with Gasteiger partial charge >= 0.3 is 5.97 Å². The summed E-state index contributed by atoms with van der Waals surface area (Å²) in [6.45, 7) is 10.7. The maximum absolute atomic E-state index is 11.4. The Kier molecular flexibility index (Phi) is 4.71. The number of piperidine rings is 1. The predicted molar refractivity (Wildman–Crippen MR) is 82.0 cm³/mol. The molecule has 0 bridgehead atoms. The van der Waals surface area contributed by atoms with Crippen LogP contribution in [0, 0.1) is 11.3 Å². The normalized spacial score (nSPS) is 20.9. The van der Waals surface area contributed by atoms with Crippen LogP contribution in [-0.4, -0.2) is 38.8 Å². The molecule has 118 valence electrons. The Morgan fingerprint density at radius 3 is 2.81 bits per heavy atom. The molecule has 1 aliphatic heterocycles. The SMILES string of the molecule is CC(C)n1cc(CN2CCCC(C(C)(C)C(=O)O)C2)cn1. The van der Waals surface area contributed by atoms with E-state index >= 15 is 0 Å². The summed E-state index contributed by atoms with van der Waals surface area (Å²) in [5.74, 6) is -0.481. The lowest BCUT2D eigenvalue weighted by atomic mass is 9.74. The number of carbonyl (C=O) groups is 1. The molecule has 0 aromatic carbocycles. The summed E-state index contributed by atoms with van der Waals surface area (Å²) in [6, 6.07) is 0.374. The third-order valence-corrected chi connectivity index (χ3v) is 4.67. The molecule has 1 saturated heterocycles. The van der Waals surface area contributed by atoms with E-state index in [1.165, 1.54) is 5.56 Å². The van der Waals surface area contributed by atoms with Gasteiger partial charge in [-0.05, 0) is 53.0 Å². The van der Waals surface area contributed by atoms with Gasteiger partial charge in [0.05, 0.1) is 11.6 Å². The van der Waals surface area contributed by atoms with E-state index in [4.69, 9.17) is 0 Å². The Bertz CT molecular complexity index is 493. The van der Waals surface area contributed by atoms with Crippen LogP contribution >= 0.6 is 0 Å². The smallest absolute Gasteiger partial charge is 0.309 e. The largest absolute Gasteiger partial charge is 0.481 e. The summed E-state index contributed by atoms with van der Waals surface area (Å²) in [5.41, 5.74) is 0.554. The summed E-state index contributed by atoms with van der Waals surface area (Å²) < 4.78 is 1.97. The number of carboxylic acids is 1. The summed E-state index contributed by atoms with van der Waals surface area (Å²) in [7, 11) is 0. The highest BCUT2D eigenvalue weighted by molar-refractivity contribution is 5.74. The van der Waals surface area contributed by atoms with Crippen molar-refractivity contribution in [2.75, 3.05) is 13.1 Å². The Morgan fingerprint density at radius 1 is 1.52 bits per heavy atom. The van der Waals surface area contributed by atoms with Crippen molar-refractivity contribution in [3.8, 4) is 0 Å². The van der Waals surface area contributed by atoms with Crippen LogP contribution in [0.15, 0.2) is 12.4 Å². The molecule has 1 aromatic heterocycles. The molecule has 0 saturated carbocycles. The fourth-order valence-corrected chi connectivity index (χ4v) is 2.96. The fraction of sp³-hybridized carbons (Fsp3) is 0.750. The first-order chi connectivity index (χ1) is 9.80. The van der Waals surface area contributed by atoms with Crippen LogP contribution in [0.1, 0.15) is 52.1 Å². The molecule has 5 nitrogen and oxygen atoms in total. The average molecular weight is 293 g/mol. The van der Waals surface area contributed by atoms with Crippen LogP contribution in [0.5, 0.6) is 0 Å². The Balaban J connectivity index is 1.99. The number of rotatable bonds is 5. The lowest BCUT2D eigenvalue weighted by molar-refractivity contribution is -0.151. The summed E-state index contributed by atoms with van der Waals surface area (Å²) in [6.07, 6.45) is 6.09. The van der Waals surface area contributed by atoms with Gasteiger partial charge in [0.1, 0.15) is 0 Å². The zero-order valence-electron chi connectivity index (χ0n) is 13.5. The monoisotopic (exact) mass is 293 g/mol. The van der Waals surface area contributed by atoms with E-state index < -0.39 is 11.4 Å². The van der Waals surface area contributed by atoms with Crippen molar-refractivity contribution in [3.05, 3.63) is 18.0 Å². The first-order valence-electron chi connectivity index (χ1n) is 7.79. The second-order valence-electron chi connectivity index (χ2n) is 7.02. The Labute approximate surface area is 126 Å². The first kappa shape index (κ1) is 16.0. The molecule has 5 heteroatoms. The van der Waals surface area contributed by atoms with Crippen molar-refractivity contribution < 1.29 is 9.90 Å². The van der Waals surface area contributed by atoms with E-state index in [1.807, 2.05) is 24.7 Å². The van der Waals surface area contributed by atoms with Gasteiger partial charge in [-0.15, -0.1) is 0 Å². The number of hydrogen-bond acceptors (Lipinski definition) is 3. The minimum Gasteiger partial charge on any atom is -0.481 e. The second-order valence-corrected chi connectivity index (χ2v) is 7.02.